The number of thioether (sulfide) groups is 1. The lowest BCUT2D eigenvalue weighted by Crippen LogP contribution is -2.64. The predicted octanol–water partition coefficient (Wildman–Crippen LogP) is 1.80. The number of likely N-dealkylation sites (tertiary alicyclic amines) is 1. The fourth-order valence-electron chi connectivity index (χ4n) is 6.65. The summed E-state index contributed by atoms with van der Waals surface area (Å²) in [6.07, 6.45) is 0.850. The molecule has 5 N–H and O–H groups in total. The summed E-state index contributed by atoms with van der Waals surface area (Å²) in [5.41, 5.74) is -1.66. The normalized spacial score (nSPS) is 40.1. The summed E-state index contributed by atoms with van der Waals surface area (Å²) in [5.74, 6) is 0.481. The Balaban J connectivity index is 1.60. The van der Waals surface area contributed by atoms with Gasteiger partial charge in [-0.25, -0.2) is 4.79 Å². The van der Waals surface area contributed by atoms with Crippen molar-refractivity contribution in [2.75, 3.05) is 19.8 Å². The van der Waals surface area contributed by atoms with Crippen molar-refractivity contribution in [3.05, 3.63) is 12.2 Å². The minimum absolute atomic E-state index is 0.0341. The van der Waals surface area contributed by atoms with Crippen LogP contribution in [-0.2, 0) is 19.0 Å². The number of aliphatic hydroxyl groups excluding tert-OH is 4. The highest BCUT2D eigenvalue weighted by atomic mass is 32.2. The minimum atomic E-state index is -1.50. The first-order chi connectivity index (χ1) is 19.8. The summed E-state index contributed by atoms with van der Waals surface area (Å²) >= 11 is 1.19. The van der Waals surface area contributed by atoms with Crippen molar-refractivity contribution in [2.24, 2.45) is 17.8 Å². The molecule has 0 aromatic heterocycles. The molecule has 0 spiro atoms. The second kappa shape index (κ2) is 14.1. The maximum absolute atomic E-state index is 14.1. The van der Waals surface area contributed by atoms with Gasteiger partial charge < -0.3 is 40.0 Å². The van der Waals surface area contributed by atoms with Crippen LogP contribution in [0.15, 0.2) is 12.2 Å². The first-order valence-electron chi connectivity index (χ1n) is 15.3. The van der Waals surface area contributed by atoms with E-state index in [2.05, 4.69) is 19.2 Å². The van der Waals surface area contributed by atoms with Crippen LogP contribution in [0.1, 0.15) is 66.7 Å². The molecule has 0 saturated carbocycles. The molecule has 3 saturated heterocycles. The van der Waals surface area contributed by atoms with E-state index in [0.717, 1.165) is 19.3 Å². The number of rotatable bonds is 5. The molecule has 0 radical (unpaired) electrons. The standard InChI is InChI=1S/C30H50N2O9S/c1-16(2)12-17-10-11-39-25-18(13-17)14-32(29(38)41-30(3,4)5)21(25)27(37)31-20-9-7-6-8-19(15-33)42-28-24(36)22(34)23(35)26(20)40-28/h6-7,16-26,28,33-36H,8-15H2,1-5H3,(H,31,37)/b7-6-/t17-,18-,19+,20+,21-,22-,23+,24+,25+,26+,28+/m0/s1. The minimum Gasteiger partial charge on any atom is -0.444 e. The number of amides is 2. The zero-order valence-electron chi connectivity index (χ0n) is 25.4. The average molecular weight is 615 g/mol. The van der Waals surface area contributed by atoms with Crippen molar-refractivity contribution in [3.8, 4) is 0 Å². The van der Waals surface area contributed by atoms with E-state index in [4.69, 9.17) is 14.2 Å². The Bertz CT molecular complexity index is 960. The number of nitrogens with zero attached hydrogens (tertiary/aromatic N) is 1. The maximum Gasteiger partial charge on any atom is 0.411 e. The average Bonchev–Trinajstić information content (AvgIpc) is 3.15. The van der Waals surface area contributed by atoms with Crippen LogP contribution in [0.5, 0.6) is 0 Å². The molecule has 4 aliphatic rings. The Labute approximate surface area is 253 Å². The fourth-order valence-corrected chi connectivity index (χ4v) is 7.86. The van der Waals surface area contributed by atoms with Crippen LogP contribution >= 0.6 is 11.8 Å². The zero-order chi connectivity index (χ0) is 30.8. The van der Waals surface area contributed by atoms with Gasteiger partial charge in [0.1, 0.15) is 41.5 Å². The molecule has 4 rings (SSSR count). The largest absolute Gasteiger partial charge is 0.444 e. The Kier molecular flexibility index (Phi) is 11.3. The van der Waals surface area contributed by atoms with Gasteiger partial charge in [0.2, 0.25) is 5.91 Å². The van der Waals surface area contributed by atoms with Gasteiger partial charge in [-0.15, -0.1) is 11.8 Å². The molecule has 4 heterocycles. The lowest BCUT2D eigenvalue weighted by atomic mass is 9.85. The summed E-state index contributed by atoms with van der Waals surface area (Å²) in [5, 5.41) is 44.7. The number of hydrogen-bond acceptors (Lipinski definition) is 10. The van der Waals surface area contributed by atoms with Crippen LogP contribution in [-0.4, -0.2) is 116 Å². The molecular formula is C30H50N2O9S. The molecule has 12 heteroatoms. The van der Waals surface area contributed by atoms with Crippen LogP contribution in [0.25, 0.3) is 0 Å². The van der Waals surface area contributed by atoms with Crippen molar-refractivity contribution in [2.45, 2.75) is 126 Å². The third-order valence-corrected chi connectivity index (χ3v) is 9.92. The zero-order valence-corrected chi connectivity index (χ0v) is 26.2. The van der Waals surface area contributed by atoms with Crippen molar-refractivity contribution < 1.29 is 44.2 Å². The van der Waals surface area contributed by atoms with Gasteiger partial charge in [-0.3, -0.25) is 9.69 Å². The van der Waals surface area contributed by atoms with Gasteiger partial charge >= 0.3 is 6.09 Å². The molecule has 11 atom stereocenters. The van der Waals surface area contributed by atoms with Crippen LogP contribution in [0.3, 0.4) is 0 Å². The number of nitrogens with one attached hydrogen (secondary N) is 1. The molecule has 240 valence electrons. The van der Waals surface area contributed by atoms with Crippen LogP contribution in [0.2, 0.25) is 0 Å². The van der Waals surface area contributed by atoms with Gasteiger partial charge in [0.15, 0.2) is 0 Å². The SMILES string of the molecule is CC(C)C[C@@H]1CCO[C@@H]2[C@@H](C1)CN(C(=O)OC(C)(C)C)[C@@H]2C(=O)N[C@@H]1C/C=C\C[C@H](CO)S[C@H]2O[C@H]1[C@H](O)[C@H](O)[C@H]2O. The number of carbonyl (C=O) groups excluding carboxylic acids is 2. The molecule has 0 aromatic rings. The summed E-state index contributed by atoms with van der Waals surface area (Å²) in [4.78, 5) is 29.0. The smallest absolute Gasteiger partial charge is 0.411 e. The number of allylic oxidation sites excluding steroid dienone is 1. The second-order valence-corrected chi connectivity index (χ2v) is 15.0. The summed E-state index contributed by atoms with van der Waals surface area (Å²) < 4.78 is 18.1. The third kappa shape index (κ3) is 7.99. The lowest BCUT2D eigenvalue weighted by Gasteiger charge is -2.44. The van der Waals surface area contributed by atoms with Gasteiger partial charge in [0.25, 0.3) is 0 Å². The number of fused-ring (bicyclic) bond motifs is 3. The van der Waals surface area contributed by atoms with Gasteiger partial charge in [-0.05, 0) is 64.7 Å². The highest BCUT2D eigenvalue weighted by Gasteiger charge is 2.53. The van der Waals surface area contributed by atoms with Crippen LogP contribution < -0.4 is 5.32 Å². The molecule has 0 aromatic carbocycles. The van der Waals surface area contributed by atoms with Gasteiger partial charge in [0.05, 0.1) is 18.8 Å². The molecular weight excluding hydrogens is 564 g/mol. The monoisotopic (exact) mass is 614 g/mol. The van der Waals surface area contributed by atoms with Crippen LogP contribution in [0, 0.1) is 17.8 Å². The fraction of sp³-hybridized carbons (Fsp3) is 0.867. The number of aliphatic hydroxyl groups is 4. The van der Waals surface area contributed by atoms with Gasteiger partial charge in [0, 0.05) is 24.3 Å². The molecule has 0 unspecified atom stereocenters. The van der Waals surface area contributed by atoms with Crippen molar-refractivity contribution in [3.63, 3.8) is 0 Å². The van der Waals surface area contributed by atoms with E-state index < -0.39 is 65.6 Å². The van der Waals surface area contributed by atoms with Crippen molar-refractivity contribution >= 4 is 23.8 Å². The van der Waals surface area contributed by atoms with E-state index in [-0.39, 0.29) is 24.2 Å². The lowest BCUT2D eigenvalue weighted by molar-refractivity contribution is -0.205. The Morgan fingerprint density at radius 1 is 1.10 bits per heavy atom. The van der Waals surface area contributed by atoms with Gasteiger partial charge in [-0.1, -0.05) is 26.0 Å². The van der Waals surface area contributed by atoms with Crippen molar-refractivity contribution in [1.29, 1.82) is 0 Å². The third-order valence-electron chi connectivity index (χ3n) is 8.53. The first kappa shape index (κ1) is 33.5. The first-order valence-corrected chi connectivity index (χ1v) is 16.3. The number of hydrogen-bond donors (Lipinski definition) is 5. The molecule has 11 nitrogen and oxygen atoms in total. The van der Waals surface area contributed by atoms with E-state index in [1.807, 2.05) is 12.2 Å². The molecule has 2 amide bonds. The summed E-state index contributed by atoms with van der Waals surface area (Å²) in [7, 11) is 0. The molecule has 3 fully saturated rings. The number of carbonyl (C=O) groups is 2. The molecule has 42 heavy (non-hydrogen) atoms. The van der Waals surface area contributed by atoms with Crippen molar-refractivity contribution in [1.82, 2.24) is 10.2 Å². The predicted molar refractivity (Wildman–Crippen MR) is 158 cm³/mol. The van der Waals surface area contributed by atoms with E-state index in [1.54, 1.807) is 20.8 Å². The summed E-state index contributed by atoms with van der Waals surface area (Å²) in [6, 6.07) is -1.71. The van der Waals surface area contributed by atoms with Gasteiger partial charge in [-0.2, -0.15) is 0 Å². The Hall–Kier alpha value is -1.41. The highest BCUT2D eigenvalue weighted by molar-refractivity contribution is 8.00. The quantitative estimate of drug-likeness (QED) is 0.289. The topological polar surface area (TPSA) is 158 Å². The molecule has 0 aliphatic carbocycles. The van der Waals surface area contributed by atoms with E-state index in [1.165, 1.54) is 16.7 Å². The second-order valence-electron chi connectivity index (χ2n) is 13.6. The highest BCUT2D eigenvalue weighted by Crippen LogP contribution is 2.39. The Morgan fingerprint density at radius 2 is 1.81 bits per heavy atom. The van der Waals surface area contributed by atoms with E-state index in [0.29, 0.717) is 31.4 Å². The van der Waals surface area contributed by atoms with E-state index in [9.17, 15) is 30.0 Å². The molecule has 4 aliphatic heterocycles. The van der Waals surface area contributed by atoms with Crippen LogP contribution in [0.4, 0.5) is 4.79 Å². The Morgan fingerprint density at radius 3 is 2.48 bits per heavy atom. The molecule has 2 bridgehead atoms. The number of ether oxygens (including phenoxy) is 3. The maximum atomic E-state index is 14.1. The summed E-state index contributed by atoms with van der Waals surface area (Å²) in [6.45, 7) is 10.4. The van der Waals surface area contributed by atoms with E-state index >= 15 is 0 Å².